The molecule has 3 aromatic rings. The minimum atomic E-state index is -0.268. The lowest BCUT2D eigenvalue weighted by molar-refractivity contribution is 0.230. The van der Waals surface area contributed by atoms with Gasteiger partial charge in [0.1, 0.15) is 17.3 Å². The number of aryl methyl sites for hydroxylation is 1. The zero-order chi connectivity index (χ0) is 20.4. The number of anilines is 1. The third-order valence-corrected chi connectivity index (χ3v) is 4.32. The van der Waals surface area contributed by atoms with E-state index in [1.165, 1.54) is 4.90 Å². The van der Waals surface area contributed by atoms with E-state index in [1.807, 2.05) is 45.2 Å². The maximum Gasteiger partial charge on any atom is 0.322 e. The van der Waals surface area contributed by atoms with Gasteiger partial charge in [-0.3, -0.25) is 10.1 Å². The van der Waals surface area contributed by atoms with E-state index >= 15 is 0 Å². The molecular weight excluding hydrogens is 356 g/mol. The minimum Gasteiger partial charge on any atom is -0.460 e. The van der Waals surface area contributed by atoms with Gasteiger partial charge in [-0.1, -0.05) is 0 Å². The Bertz CT molecular complexity index is 1060. The molecule has 7 heteroatoms. The zero-order valence-corrected chi connectivity index (χ0v) is 16.7. The SMILES string of the molecule is Cc1ccc(-c2nc(NC(=O)N(C)C)ccc2-c2ccc(=O)n(C(C)C)c2)o1. The van der Waals surface area contributed by atoms with Gasteiger partial charge in [0.15, 0.2) is 5.76 Å². The Hall–Kier alpha value is -3.35. The van der Waals surface area contributed by atoms with Crippen LogP contribution in [0.4, 0.5) is 10.6 Å². The van der Waals surface area contributed by atoms with Crippen molar-refractivity contribution in [2.45, 2.75) is 26.8 Å². The van der Waals surface area contributed by atoms with Crippen LogP contribution in [0.2, 0.25) is 0 Å². The van der Waals surface area contributed by atoms with Gasteiger partial charge in [-0.15, -0.1) is 0 Å². The van der Waals surface area contributed by atoms with Crippen molar-refractivity contribution in [2.75, 3.05) is 19.4 Å². The van der Waals surface area contributed by atoms with Crippen LogP contribution in [0.25, 0.3) is 22.6 Å². The van der Waals surface area contributed by atoms with Crippen molar-refractivity contribution < 1.29 is 9.21 Å². The van der Waals surface area contributed by atoms with E-state index in [4.69, 9.17) is 4.42 Å². The van der Waals surface area contributed by atoms with Crippen LogP contribution < -0.4 is 10.9 Å². The van der Waals surface area contributed by atoms with Crippen molar-refractivity contribution in [1.29, 1.82) is 0 Å². The maximum atomic E-state index is 12.1. The molecule has 3 heterocycles. The predicted octanol–water partition coefficient (Wildman–Crippen LogP) is 4.15. The second kappa shape index (κ2) is 7.72. The number of nitrogens with zero attached hydrogens (tertiary/aromatic N) is 3. The van der Waals surface area contributed by atoms with Gasteiger partial charge in [0, 0.05) is 43.5 Å². The Kier molecular flexibility index (Phi) is 5.35. The number of carbonyl (C=O) groups is 1. The van der Waals surface area contributed by atoms with Crippen molar-refractivity contribution in [2.24, 2.45) is 0 Å². The van der Waals surface area contributed by atoms with Gasteiger partial charge >= 0.3 is 6.03 Å². The van der Waals surface area contributed by atoms with Crippen LogP contribution in [0.5, 0.6) is 0 Å². The van der Waals surface area contributed by atoms with Crippen LogP contribution in [-0.2, 0) is 0 Å². The summed E-state index contributed by atoms with van der Waals surface area (Å²) in [6.07, 6.45) is 1.82. The second-order valence-corrected chi connectivity index (χ2v) is 7.08. The molecule has 3 aromatic heterocycles. The minimum absolute atomic E-state index is 0.0355. The highest BCUT2D eigenvalue weighted by atomic mass is 16.3. The number of urea groups is 1. The molecule has 0 saturated carbocycles. The summed E-state index contributed by atoms with van der Waals surface area (Å²) in [7, 11) is 3.32. The standard InChI is InChI=1S/C21H24N4O3/c1-13(2)25-12-15(7-11-19(25)26)16-8-10-18(23-21(27)24(4)5)22-20(16)17-9-6-14(3)28-17/h6-13H,1-5H3,(H,22,23,27). The molecule has 7 nitrogen and oxygen atoms in total. The summed E-state index contributed by atoms with van der Waals surface area (Å²) in [5.41, 5.74) is 2.19. The van der Waals surface area contributed by atoms with Gasteiger partial charge < -0.3 is 13.9 Å². The van der Waals surface area contributed by atoms with Crippen LogP contribution >= 0.6 is 0 Å². The quantitative estimate of drug-likeness (QED) is 0.737. The summed E-state index contributed by atoms with van der Waals surface area (Å²) in [5.74, 6) is 1.78. The highest BCUT2D eigenvalue weighted by Crippen LogP contribution is 2.32. The molecule has 0 aliphatic rings. The average molecular weight is 380 g/mol. The highest BCUT2D eigenvalue weighted by molar-refractivity contribution is 5.89. The van der Waals surface area contributed by atoms with E-state index in [0.717, 1.165) is 16.9 Å². The maximum absolute atomic E-state index is 12.1. The first kappa shape index (κ1) is 19.4. The fraction of sp³-hybridized carbons (Fsp3) is 0.286. The van der Waals surface area contributed by atoms with Crippen molar-refractivity contribution in [1.82, 2.24) is 14.5 Å². The number of pyridine rings is 2. The van der Waals surface area contributed by atoms with Crippen LogP contribution in [0.1, 0.15) is 25.6 Å². The number of rotatable bonds is 4. The number of hydrogen-bond acceptors (Lipinski definition) is 4. The van der Waals surface area contributed by atoms with Crippen LogP contribution in [-0.4, -0.2) is 34.6 Å². The summed E-state index contributed by atoms with van der Waals surface area (Å²) in [6, 6.07) is 10.4. The number of furan rings is 1. The third kappa shape index (κ3) is 3.98. The Balaban J connectivity index is 2.14. The number of aromatic nitrogens is 2. The molecule has 2 amide bonds. The topological polar surface area (TPSA) is 80.4 Å². The third-order valence-electron chi connectivity index (χ3n) is 4.32. The molecule has 0 aliphatic carbocycles. The lowest BCUT2D eigenvalue weighted by Gasteiger charge is -2.15. The second-order valence-electron chi connectivity index (χ2n) is 7.08. The molecule has 0 spiro atoms. The first-order valence-corrected chi connectivity index (χ1v) is 9.05. The molecule has 28 heavy (non-hydrogen) atoms. The average Bonchev–Trinajstić information content (AvgIpc) is 3.08. The van der Waals surface area contributed by atoms with E-state index in [2.05, 4.69) is 10.3 Å². The summed E-state index contributed by atoms with van der Waals surface area (Å²) in [4.78, 5) is 30.2. The Morgan fingerprint density at radius 1 is 1.14 bits per heavy atom. The normalized spacial score (nSPS) is 10.9. The Morgan fingerprint density at radius 2 is 1.89 bits per heavy atom. The van der Waals surface area contributed by atoms with Crippen molar-refractivity contribution in [3.63, 3.8) is 0 Å². The summed E-state index contributed by atoms with van der Waals surface area (Å²) < 4.78 is 7.46. The molecule has 0 unspecified atom stereocenters. The lowest BCUT2D eigenvalue weighted by atomic mass is 10.0. The van der Waals surface area contributed by atoms with Crippen molar-refractivity contribution in [3.8, 4) is 22.6 Å². The first-order valence-electron chi connectivity index (χ1n) is 9.05. The molecule has 0 radical (unpaired) electrons. The van der Waals surface area contributed by atoms with Crippen LogP contribution in [0.3, 0.4) is 0 Å². The molecule has 146 valence electrons. The van der Waals surface area contributed by atoms with E-state index in [0.29, 0.717) is 17.3 Å². The van der Waals surface area contributed by atoms with E-state index < -0.39 is 0 Å². The smallest absolute Gasteiger partial charge is 0.322 e. The van der Waals surface area contributed by atoms with Gasteiger partial charge in [-0.2, -0.15) is 0 Å². The largest absolute Gasteiger partial charge is 0.460 e. The molecule has 3 rings (SSSR count). The van der Waals surface area contributed by atoms with E-state index in [1.54, 1.807) is 36.9 Å². The fourth-order valence-corrected chi connectivity index (χ4v) is 2.80. The number of nitrogens with one attached hydrogen (secondary N) is 1. The number of hydrogen-bond donors (Lipinski definition) is 1. The monoisotopic (exact) mass is 380 g/mol. The molecular formula is C21H24N4O3. The van der Waals surface area contributed by atoms with Crippen molar-refractivity contribution >= 4 is 11.8 Å². The number of amides is 2. The van der Waals surface area contributed by atoms with E-state index in [9.17, 15) is 9.59 Å². The van der Waals surface area contributed by atoms with Gasteiger partial charge in [0.25, 0.3) is 5.56 Å². The van der Waals surface area contributed by atoms with Gasteiger partial charge in [-0.25, -0.2) is 9.78 Å². The molecule has 0 fully saturated rings. The summed E-state index contributed by atoms with van der Waals surface area (Å²) >= 11 is 0. The fourth-order valence-electron chi connectivity index (χ4n) is 2.80. The Labute approximate surface area is 163 Å². The Morgan fingerprint density at radius 3 is 2.50 bits per heavy atom. The van der Waals surface area contributed by atoms with Crippen molar-refractivity contribution in [3.05, 3.63) is 58.7 Å². The lowest BCUT2D eigenvalue weighted by Crippen LogP contribution is -2.27. The number of carbonyl (C=O) groups excluding carboxylic acids is 1. The summed E-state index contributed by atoms with van der Waals surface area (Å²) in [6.45, 7) is 5.78. The predicted molar refractivity (Wildman–Crippen MR) is 109 cm³/mol. The molecule has 0 aliphatic heterocycles. The molecule has 0 aromatic carbocycles. The molecule has 0 atom stereocenters. The molecule has 1 N–H and O–H groups in total. The first-order chi connectivity index (χ1) is 13.3. The van der Waals surface area contributed by atoms with Gasteiger partial charge in [0.2, 0.25) is 0 Å². The van der Waals surface area contributed by atoms with Crippen LogP contribution in [0, 0.1) is 6.92 Å². The molecule has 0 saturated heterocycles. The van der Waals surface area contributed by atoms with Crippen LogP contribution in [0.15, 0.2) is 51.8 Å². The van der Waals surface area contributed by atoms with E-state index in [-0.39, 0.29) is 17.6 Å². The zero-order valence-electron chi connectivity index (χ0n) is 16.7. The molecule has 0 bridgehead atoms. The van der Waals surface area contributed by atoms with Gasteiger partial charge in [0.05, 0.1) is 0 Å². The summed E-state index contributed by atoms with van der Waals surface area (Å²) in [5, 5.41) is 2.75. The van der Waals surface area contributed by atoms with Gasteiger partial charge in [-0.05, 0) is 51.1 Å². The highest BCUT2D eigenvalue weighted by Gasteiger charge is 2.16.